The zero-order chi connectivity index (χ0) is 22.7. The van der Waals surface area contributed by atoms with Crippen molar-refractivity contribution < 1.29 is 14.3 Å². The maximum atomic E-state index is 13.3. The molecule has 0 saturated heterocycles. The van der Waals surface area contributed by atoms with E-state index in [2.05, 4.69) is 4.98 Å². The maximum absolute atomic E-state index is 13.3. The van der Waals surface area contributed by atoms with Gasteiger partial charge in [-0.2, -0.15) is 0 Å². The summed E-state index contributed by atoms with van der Waals surface area (Å²) in [7, 11) is 3.13. The third kappa shape index (κ3) is 4.18. The molecule has 4 rings (SSSR count). The molecular weight excluding hydrogens is 402 g/mol. The standard InChI is InChI=1S/C27H23NO4/c1-17-9-11-22-23(13-17)28-27(30)26(25(22)19-7-5-4-6-8-19)24(29)12-10-18-14-20(31-2)16-21(15-18)32-3/h4-16H,1-3H3,(H,28,30)/b12-10+. The van der Waals surface area contributed by atoms with Crippen LogP contribution in [0.5, 0.6) is 11.5 Å². The van der Waals surface area contributed by atoms with Crippen molar-refractivity contribution in [3.63, 3.8) is 0 Å². The number of fused-ring (bicyclic) bond motifs is 1. The fourth-order valence-electron chi connectivity index (χ4n) is 3.73. The van der Waals surface area contributed by atoms with E-state index in [0.29, 0.717) is 22.6 Å². The predicted octanol–water partition coefficient (Wildman–Crippen LogP) is 5.42. The Hall–Kier alpha value is -4.12. The van der Waals surface area contributed by atoms with Crippen LogP contribution < -0.4 is 15.0 Å². The molecule has 0 aliphatic heterocycles. The Balaban J connectivity index is 1.86. The average Bonchev–Trinajstić information content (AvgIpc) is 2.81. The highest BCUT2D eigenvalue weighted by Crippen LogP contribution is 2.30. The number of carbonyl (C=O) groups excluding carboxylic acids is 1. The van der Waals surface area contributed by atoms with Crippen LogP contribution in [0.2, 0.25) is 0 Å². The molecule has 0 fully saturated rings. The Kier molecular flexibility index (Phi) is 5.90. The van der Waals surface area contributed by atoms with Crippen molar-refractivity contribution in [1.82, 2.24) is 4.98 Å². The van der Waals surface area contributed by atoms with E-state index in [0.717, 1.165) is 22.1 Å². The third-order valence-electron chi connectivity index (χ3n) is 5.28. The highest BCUT2D eigenvalue weighted by molar-refractivity contribution is 6.15. The molecule has 0 atom stereocenters. The van der Waals surface area contributed by atoms with E-state index >= 15 is 0 Å². The van der Waals surface area contributed by atoms with Crippen molar-refractivity contribution in [2.75, 3.05) is 14.2 Å². The highest BCUT2D eigenvalue weighted by atomic mass is 16.5. The van der Waals surface area contributed by atoms with E-state index < -0.39 is 5.56 Å². The summed E-state index contributed by atoms with van der Waals surface area (Å²) in [5, 5.41) is 0.821. The van der Waals surface area contributed by atoms with Gasteiger partial charge in [-0.25, -0.2) is 0 Å². The number of aromatic nitrogens is 1. The summed E-state index contributed by atoms with van der Waals surface area (Å²) in [5.74, 6) is 0.843. The molecule has 32 heavy (non-hydrogen) atoms. The topological polar surface area (TPSA) is 68.4 Å². The van der Waals surface area contributed by atoms with E-state index in [1.54, 1.807) is 38.5 Å². The first-order chi connectivity index (χ1) is 15.5. The number of rotatable bonds is 6. The Labute approximate surface area is 185 Å². The number of benzene rings is 3. The highest BCUT2D eigenvalue weighted by Gasteiger charge is 2.19. The minimum Gasteiger partial charge on any atom is -0.497 e. The summed E-state index contributed by atoms with van der Waals surface area (Å²) < 4.78 is 10.6. The van der Waals surface area contributed by atoms with Gasteiger partial charge in [-0.05, 0) is 47.9 Å². The Morgan fingerprint density at radius 3 is 2.25 bits per heavy atom. The van der Waals surface area contributed by atoms with Crippen LogP contribution in [0.3, 0.4) is 0 Å². The summed E-state index contributed by atoms with van der Waals surface area (Å²) in [6, 6.07) is 20.7. The number of hydrogen-bond acceptors (Lipinski definition) is 4. The monoisotopic (exact) mass is 425 g/mol. The summed E-state index contributed by atoms with van der Waals surface area (Å²) in [4.78, 5) is 29.2. The number of carbonyl (C=O) groups is 1. The number of ketones is 1. The molecule has 160 valence electrons. The lowest BCUT2D eigenvalue weighted by Gasteiger charge is -2.12. The Bertz CT molecular complexity index is 1360. The number of pyridine rings is 1. The Morgan fingerprint density at radius 1 is 0.906 bits per heavy atom. The van der Waals surface area contributed by atoms with Crippen LogP contribution in [-0.2, 0) is 0 Å². The zero-order valence-corrected chi connectivity index (χ0v) is 18.1. The van der Waals surface area contributed by atoms with Crippen LogP contribution in [0, 0.1) is 6.92 Å². The van der Waals surface area contributed by atoms with Crippen molar-refractivity contribution in [2.24, 2.45) is 0 Å². The molecule has 1 aromatic heterocycles. The van der Waals surface area contributed by atoms with E-state index in [1.165, 1.54) is 6.08 Å². The summed E-state index contributed by atoms with van der Waals surface area (Å²) in [6.45, 7) is 1.96. The lowest BCUT2D eigenvalue weighted by molar-refractivity contribution is 0.104. The number of aryl methyl sites for hydroxylation is 1. The van der Waals surface area contributed by atoms with E-state index in [1.807, 2.05) is 55.5 Å². The molecule has 0 amide bonds. The molecule has 5 nitrogen and oxygen atoms in total. The van der Waals surface area contributed by atoms with Gasteiger partial charge in [0.15, 0.2) is 5.78 Å². The molecule has 0 spiro atoms. The van der Waals surface area contributed by atoms with Gasteiger partial charge in [0.05, 0.1) is 19.8 Å². The minimum atomic E-state index is -0.417. The average molecular weight is 425 g/mol. The summed E-state index contributed by atoms with van der Waals surface area (Å²) in [5.41, 5.74) is 3.58. The fraction of sp³-hybridized carbons (Fsp3) is 0.111. The predicted molar refractivity (Wildman–Crippen MR) is 128 cm³/mol. The molecule has 3 aromatic carbocycles. The van der Waals surface area contributed by atoms with Crippen molar-refractivity contribution in [3.8, 4) is 22.6 Å². The number of nitrogens with one attached hydrogen (secondary N) is 1. The van der Waals surface area contributed by atoms with Crippen LogP contribution >= 0.6 is 0 Å². The van der Waals surface area contributed by atoms with Gasteiger partial charge in [0, 0.05) is 22.5 Å². The van der Waals surface area contributed by atoms with Crippen molar-refractivity contribution in [3.05, 3.63) is 99.9 Å². The zero-order valence-electron chi connectivity index (χ0n) is 18.1. The largest absolute Gasteiger partial charge is 0.497 e. The SMILES string of the molecule is COc1cc(/C=C/C(=O)c2c(-c3ccccc3)c3ccc(C)cc3[nH]c2=O)cc(OC)c1. The number of aromatic amines is 1. The van der Waals surface area contributed by atoms with Crippen LogP contribution in [0.1, 0.15) is 21.5 Å². The number of methoxy groups -OCH3 is 2. The molecule has 1 N–H and O–H groups in total. The molecule has 1 heterocycles. The molecule has 0 unspecified atom stereocenters. The molecular formula is C27H23NO4. The van der Waals surface area contributed by atoms with Gasteiger partial charge in [0.25, 0.3) is 5.56 Å². The summed E-state index contributed by atoms with van der Waals surface area (Å²) in [6.07, 6.45) is 3.06. The first-order valence-corrected chi connectivity index (χ1v) is 10.2. The normalized spacial score (nSPS) is 11.1. The van der Waals surface area contributed by atoms with Crippen molar-refractivity contribution in [2.45, 2.75) is 6.92 Å². The van der Waals surface area contributed by atoms with E-state index in [4.69, 9.17) is 9.47 Å². The number of H-pyrrole nitrogens is 1. The van der Waals surface area contributed by atoms with Gasteiger partial charge in [0.2, 0.25) is 0 Å². The van der Waals surface area contributed by atoms with Crippen LogP contribution in [-0.4, -0.2) is 25.0 Å². The first kappa shape index (κ1) is 21.1. The first-order valence-electron chi connectivity index (χ1n) is 10.2. The second-order valence-electron chi connectivity index (χ2n) is 7.46. The van der Waals surface area contributed by atoms with E-state index in [9.17, 15) is 9.59 Å². The number of hydrogen-bond donors (Lipinski definition) is 1. The maximum Gasteiger partial charge on any atom is 0.260 e. The smallest absolute Gasteiger partial charge is 0.260 e. The summed E-state index contributed by atoms with van der Waals surface area (Å²) >= 11 is 0. The molecule has 4 aromatic rings. The lowest BCUT2D eigenvalue weighted by Crippen LogP contribution is -2.18. The van der Waals surface area contributed by atoms with Gasteiger partial charge in [-0.3, -0.25) is 9.59 Å². The van der Waals surface area contributed by atoms with Gasteiger partial charge in [0.1, 0.15) is 11.5 Å². The third-order valence-corrected chi connectivity index (χ3v) is 5.28. The van der Waals surface area contributed by atoms with Crippen molar-refractivity contribution >= 4 is 22.8 Å². The fourth-order valence-corrected chi connectivity index (χ4v) is 3.73. The van der Waals surface area contributed by atoms with Gasteiger partial charge < -0.3 is 14.5 Å². The van der Waals surface area contributed by atoms with Gasteiger partial charge in [-0.1, -0.05) is 48.5 Å². The number of ether oxygens (including phenoxy) is 2. The van der Waals surface area contributed by atoms with Crippen LogP contribution in [0.25, 0.3) is 28.1 Å². The number of allylic oxidation sites excluding steroid dienone is 1. The van der Waals surface area contributed by atoms with Gasteiger partial charge >= 0.3 is 0 Å². The molecule has 0 bridgehead atoms. The Morgan fingerprint density at radius 2 is 1.59 bits per heavy atom. The molecule has 0 radical (unpaired) electrons. The molecule has 0 saturated carbocycles. The second-order valence-corrected chi connectivity index (χ2v) is 7.46. The lowest BCUT2D eigenvalue weighted by atomic mass is 9.93. The minimum absolute atomic E-state index is 0.110. The van der Waals surface area contributed by atoms with Crippen molar-refractivity contribution in [1.29, 1.82) is 0 Å². The van der Waals surface area contributed by atoms with Crippen LogP contribution in [0.15, 0.2) is 77.6 Å². The molecule has 0 aliphatic carbocycles. The van der Waals surface area contributed by atoms with Crippen LogP contribution in [0.4, 0.5) is 0 Å². The van der Waals surface area contributed by atoms with E-state index in [-0.39, 0.29) is 11.3 Å². The molecule has 0 aliphatic rings. The second kappa shape index (κ2) is 8.94. The quantitative estimate of drug-likeness (QED) is 0.331. The van der Waals surface area contributed by atoms with Gasteiger partial charge in [-0.15, -0.1) is 0 Å². The molecule has 5 heteroatoms.